The number of carbonyl (C=O) groups is 1. The number of rotatable bonds is 5. The van der Waals surface area contributed by atoms with Gasteiger partial charge in [-0.15, -0.1) is 5.10 Å². The summed E-state index contributed by atoms with van der Waals surface area (Å²) in [6, 6.07) is 5.10. The van der Waals surface area contributed by atoms with Crippen molar-refractivity contribution in [3.63, 3.8) is 0 Å². The molecule has 0 saturated heterocycles. The Morgan fingerprint density at radius 1 is 1.33 bits per heavy atom. The maximum Gasteiger partial charge on any atom is 0.246 e. The fourth-order valence-electron chi connectivity index (χ4n) is 2.46. The molecule has 124 valence electrons. The van der Waals surface area contributed by atoms with Gasteiger partial charge in [0.1, 0.15) is 12.4 Å². The van der Waals surface area contributed by atoms with Gasteiger partial charge >= 0.3 is 0 Å². The van der Waals surface area contributed by atoms with E-state index >= 15 is 0 Å². The summed E-state index contributed by atoms with van der Waals surface area (Å²) >= 11 is 0. The SMILES string of the molecule is CNC(C(=O)Nc1ccc(C)c(-n2cnnn2)c1)c1cnn(C)c1. The van der Waals surface area contributed by atoms with Gasteiger partial charge < -0.3 is 10.6 Å². The minimum atomic E-state index is -0.489. The summed E-state index contributed by atoms with van der Waals surface area (Å²) in [4.78, 5) is 12.6. The van der Waals surface area contributed by atoms with Crippen molar-refractivity contribution < 1.29 is 4.79 Å². The van der Waals surface area contributed by atoms with Crippen molar-refractivity contribution in [3.8, 4) is 5.69 Å². The minimum absolute atomic E-state index is 0.169. The minimum Gasteiger partial charge on any atom is -0.324 e. The van der Waals surface area contributed by atoms with Crippen molar-refractivity contribution in [1.82, 2.24) is 35.3 Å². The molecular weight excluding hydrogens is 308 g/mol. The third-order valence-corrected chi connectivity index (χ3v) is 3.68. The monoisotopic (exact) mass is 326 g/mol. The average molecular weight is 326 g/mol. The van der Waals surface area contributed by atoms with E-state index in [1.54, 1.807) is 22.6 Å². The van der Waals surface area contributed by atoms with Crippen LogP contribution in [0.4, 0.5) is 5.69 Å². The van der Waals surface area contributed by atoms with E-state index in [2.05, 4.69) is 31.3 Å². The average Bonchev–Trinajstić information content (AvgIpc) is 3.22. The van der Waals surface area contributed by atoms with E-state index in [1.165, 1.54) is 6.33 Å². The number of likely N-dealkylation sites (N-methyl/N-ethyl adjacent to an activating group) is 1. The Hall–Kier alpha value is -3.07. The summed E-state index contributed by atoms with van der Waals surface area (Å²) in [7, 11) is 3.55. The standard InChI is InChI=1S/C15H18N8O/c1-10-4-5-12(6-13(10)23-9-17-20-21-23)19-15(24)14(16-2)11-7-18-22(3)8-11/h4-9,14,16H,1-3H3,(H,19,24). The zero-order chi connectivity index (χ0) is 17.1. The first-order chi connectivity index (χ1) is 11.6. The van der Waals surface area contributed by atoms with E-state index < -0.39 is 6.04 Å². The highest BCUT2D eigenvalue weighted by Crippen LogP contribution is 2.20. The molecule has 2 aromatic heterocycles. The van der Waals surface area contributed by atoms with Crippen molar-refractivity contribution in [2.45, 2.75) is 13.0 Å². The molecule has 0 fully saturated rings. The summed E-state index contributed by atoms with van der Waals surface area (Å²) in [6.45, 7) is 1.95. The number of amides is 1. The van der Waals surface area contributed by atoms with Crippen molar-refractivity contribution in [2.24, 2.45) is 7.05 Å². The lowest BCUT2D eigenvalue weighted by Crippen LogP contribution is -2.30. The van der Waals surface area contributed by atoms with E-state index in [0.29, 0.717) is 5.69 Å². The maximum absolute atomic E-state index is 12.6. The molecule has 0 aliphatic heterocycles. The third-order valence-electron chi connectivity index (χ3n) is 3.68. The molecule has 9 nitrogen and oxygen atoms in total. The normalized spacial score (nSPS) is 12.1. The van der Waals surface area contributed by atoms with Crippen LogP contribution in [0.15, 0.2) is 36.9 Å². The summed E-state index contributed by atoms with van der Waals surface area (Å²) in [6.07, 6.45) is 4.99. The molecule has 3 aromatic rings. The van der Waals surface area contributed by atoms with Gasteiger partial charge in [0, 0.05) is 24.5 Å². The number of anilines is 1. The van der Waals surface area contributed by atoms with E-state index in [-0.39, 0.29) is 5.91 Å². The molecule has 1 unspecified atom stereocenters. The number of nitrogens with zero attached hydrogens (tertiary/aromatic N) is 6. The van der Waals surface area contributed by atoms with Gasteiger partial charge in [-0.25, -0.2) is 4.68 Å². The first kappa shape index (κ1) is 15.8. The predicted octanol–water partition coefficient (Wildman–Crippen LogP) is 0.603. The fraction of sp³-hybridized carbons (Fsp3) is 0.267. The molecule has 0 aliphatic rings. The zero-order valence-electron chi connectivity index (χ0n) is 13.6. The molecule has 0 saturated carbocycles. The van der Waals surface area contributed by atoms with Crippen LogP contribution in [-0.2, 0) is 11.8 Å². The third kappa shape index (κ3) is 3.15. The molecule has 0 bridgehead atoms. The molecule has 1 atom stereocenters. The van der Waals surface area contributed by atoms with Gasteiger partial charge in [0.15, 0.2) is 0 Å². The second kappa shape index (κ2) is 6.59. The predicted molar refractivity (Wildman–Crippen MR) is 87.5 cm³/mol. The van der Waals surface area contributed by atoms with Gasteiger partial charge in [-0.1, -0.05) is 6.07 Å². The lowest BCUT2D eigenvalue weighted by atomic mass is 10.1. The van der Waals surface area contributed by atoms with Crippen LogP contribution in [0.2, 0.25) is 0 Å². The number of aromatic nitrogens is 6. The number of hydrogen-bond donors (Lipinski definition) is 2. The van der Waals surface area contributed by atoms with Gasteiger partial charge in [0.05, 0.1) is 11.9 Å². The van der Waals surface area contributed by atoms with Gasteiger partial charge in [-0.2, -0.15) is 5.10 Å². The highest BCUT2D eigenvalue weighted by atomic mass is 16.2. The molecule has 2 N–H and O–H groups in total. The Kier molecular flexibility index (Phi) is 4.34. The van der Waals surface area contributed by atoms with E-state index in [1.807, 2.05) is 38.4 Å². The van der Waals surface area contributed by atoms with Crippen molar-refractivity contribution in [1.29, 1.82) is 0 Å². The molecule has 2 heterocycles. The van der Waals surface area contributed by atoms with E-state index in [9.17, 15) is 4.79 Å². The van der Waals surface area contributed by atoms with Crippen LogP contribution in [0.3, 0.4) is 0 Å². The highest BCUT2D eigenvalue weighted by Gasteiger charge is 2.20. The second-order valence-electron chi connectivity index (χ2n) is 5.41. The smallest absolute Gasteiger partial charge is 0.246 e. The molecule has 0 spiro atoms. The van der Waals surface area contributed by atoms with Crippen LogP contribution in [0.5, 0.6) is 0 Å². The van der Waals surface area contributed by atoms with Crippen LogP contribution in [0.25, 0.3) is 5.69 Å². The van der Waals surface area contributed by atoms with Crippen LogP contribution < -0.4 is 10.6 Å². The largest absolute Gasteiger partial charge is 0.324 e. The first-order valence-corrected chi connectivity index (χ1v) is 7.39. The Labute approximate surface area is 138 Å². The molecule has 0 radical (unpaired) electrons. The molecular formula is C15H18N8O. The highest BCUT2D eigenvalue weighted by molar-refractivity contribution is 5.95. The van der Waals surface area contributed by atoms with Crippen molar-refractivity contribution in [2.75, 3.05) is 12.4 Å². The number of carbonyl (C=O) groups excluding carboxylic acids is 1. The topological polar surface area (TPSA) is 103 Å². The van der Waals surface area contributed by atoms with E-state index in [4.69, 9.17) is 0 Å². The second-order valence-corrected chi connectivity index (χ2v) is 5.41. The van der Waals surface area contributed by atoms with Gasteiger partial charge in [0.2, 0.25) is 5.91 Å². The Balaban J connectivity index is 1.82. The van der Waals surface area contributed by atoms with Crippen LogP contribution >= 0.6 is 0 Å². The van der Waals surface area contributed by atoms with Gasteiger partial charge in [-0.3, -0.25) is 9.48 Å². The van der Waals surface area contributed by atoms with E-state index in [0.717, 1.165) is 16.8 Å². The Morgan fingerprint density at radius 3 is 2.79 bits per heavy atom. The first-order valence-electron chi connectivity index (χ1n) is 7.39. The Bertz CT molecular complexity index is 839. The molecule has 24 heavy (non-hydrogen) atoms. The summed E-state index contributed by atoms with van der Waals surface area (Å²) in [5.74, 6) is -0.169. The number of tetrazole rings is 1. The number of benzene rings is 1. The van der Waals surface area contributed by atoms with Gasteiger partial charge in [-0.05, 0) is 42.1 Å². The lowest BCUT2D eigenvalue weighted by molar-refractivity contribution is -0.118. The zero-order valence-corrected chi connectivity index (χ0v) is 13.6. The molecule has 3 rings (SSSR count). The molecule has 1 aromatic carbocycles. The van der Waals surface area contributed by atoms with Crippen LogP contribution in [0.1, 0.15) is 17.2 Å². The summed E-state index contributed by atoms with van der Waals surface area (Å²) in [5.41, 5.74) is 3.27. The number of aryl methyl sites for hydroxylation is 2. The molecule has 1 amide bonds. The van der Waals surface area contributed by atoms with Gasteiger partial charge in [0.25, 0.3) is 0 Å². The number of hydrogen-bond acceptors (Lipinski definition) is 6. The van der Waals surface area contributed by atoms with Crippen LogP contribution in [-0.4, -0.2) is 42.9 Å². The summed E-state index contributed by atoms with van der Waals surface area (Å²) in [5, 5.41) is 21.2. The Morgan fingerprint density at radius 2 is 2.17 bits per heavy atom. The van der Waals surface area contributed by atoms with Crippen molar-refractivity contribution >= 4 is 11.6 Å². The van der Waals surface area contributed by atoms with Crippen molar-refractivity contribution in [3.05, 3.63) is 48.0 Å². The maximum atomic E-state index is 12.6. The lowest BCUT2D eigenvalue weighted by Gasteiger charge is -2.15. The summed E-state index contributed by atoms with van der Waals surface area (Å²) < 4.78 is 3.22. The number of nitrogens with one attached hydrogen (secondary N) is 2. The fourth-order valence-corrected chi connectivity index (χ4v) is 2.46. The molecule has 9 heteroatoms. The quantitative estimate of drug-likeness (QED) is 0.712. The molecule has 0 aliphatic carbocycles. The van der Waals surface area contributed by atoms with Crippen LogP contribution in [0, 0.1) is 6.92 Å².